The number of nitrogens with two attached hydrogens (primary N) is 1. The number of halogens is 1. The second-order valence-electron chi connectivity index (χ2n) is 3.76. The molecule has 0 radical (unpaired) electrons. The largest absolute Gasteiger partial charge is 0.463 e. The van der Waals surface area contributed by atoms with Crippen molar-refractivity contribution in [1.82, 2.24) is 5.16 Å². The van der Waals surface area contributed by atoms with Gasteiger partial charge in [0.25, 0.3) is 0 Å². The summed E-state index contributed by atoms with van der Waals surface area (Å²) < 4.78 is 10.4. The summed E-state index contributed by atoms with van der Waals surface area (Å²) in [6.45, 7) is 0. The highest BCUT2D eigenvalue weighted by Crippen LogP contribution is 2.36. The number of anilines is 1. The van der Waals surface area contributed by atoms with Crippen LogP contribution in [0.5, 0.6) is 0 Å². The Morgan fingerprint density at radius 3 is 2.78 bits per heavy atom. The molecule has 2 N–H and O–H groups in total. The van der Waals surface area contributed by atoms with E-state index in [-0.39, 0.29) is 5.88 Å². The van der Waals surface area contributed by atoms with Gasteiger partial charge >= 0.3 is 0 Å². The van der Waals surface area contributed by atoms with E-state index in [0.717, 1.165) is 5.56 Å². The summed E-state index contributed by atoms with van der Waals surface area (Å²) >= 11 is 5.98. The van der Waals surface area contributed by atoms with Crippen molar-refractivity contribution in [3.8, 4) is 22.6 Å². The zero-order valence-corrected chi connectivity index (χ0v) is 10.0. The van der Waals surface area contributed by atoms with Crippen molar-refractivity contribution in [3.63, 3.8) is 0 Å². The van der Waals surface area contributed by atoms with Gasteiger partial charge in [0.05, 0.1) is 11.8 Å². The lowest BCUT2D eigenvalue weighted by atomic mass is 10.0. The molecule has 0 atom stereocenters. The molecule has 5 heteroatoms. The van der Waals surface area contributed by atoms with Crippen LogP contribution in [0.15, 0.2) is 51.6 Å². The molecule has 0 unspecified atom stereocenters. The van der Waals surface area contributed by atoms with Gasteiger partial charge in [0.15, 0.2) is 11.5 Å². The Hall–Kier alpha value is -2.20. The first-order valence-corrected chi connectivity index (χ1v) is 5.68. The van der Waals surface area contributed by atoms with E-state index in [9.17, 15) is 0 Å². The number of aromatic nitrogens is 1. The molecule has 0 amide bonds. The maximum atomic E-state index is 5.98. The molecule has 0 saturated carbocycles. The summed E-state index contributed by atoms with van der Waals surface area (Å²) in [5, 5.41) is 4.55. The van der Waals surface area contributed by atoms with Crippen LogP contribution in [0.25, 0.3) is 22.6 Å². The number of hydrogen-bond donors (Lipinski definition) is 1. The van der Waals surface area contributed by atoms with Gasteiger partial charge in [-0.3, -0.25) is 0 Å². The van der Waals surface area contributed by atoms with Crippen LogP contribution in [0, 0.1) is 0 Å². The van der Waals surface area contributed by atoms with Gasteiger partial charge < -0.3 is 14.7 Å². The molecule has 18 heavy (non-hydrogen) atoms. The minimum atomic E-state index is 0.240. The Kier molecular flexibility index (Phi) is 2.57. The van der Waals surface area contributed by atoms with Gasteiger partial charge in [0.2, 0.25) is 5.88 Å². The summed E-state index contributed by atoms with van der Waals surface area (Å²) in [4.78, 5) is 0. The first kappa shape index (κ1) is 10.9. The smallest absolute Gasteiger partial charge is 0.230 e. The van der Waals surface area contributed by atoms with Crippen molar-refractivity contribution < 1.29 is 8.94 Å². The average molecular weight is 261 g/mol. The van der Waals surface area contributed by atoms with E-state index in [4.69, 9.17) is 26.3 Å². The SMILES string of the molecule is Nc1onc(-c2ccco2)c1-c1cccc(Cl)c1. The lowest BCUT2D eigenvalue weighted by molar-refractivity contribution is 0.436. The normalized spacial score (nSPS) is 10.7. The maximum Gasteiger partial charge on any atom is 0.230 e. The molecule has 0 aliphatic carbocycles. The molecule has 0 aliphatic rings. The van der Waals surface area contributed by atoms with Crippen molar-refractivity contribution >= 4 is 17.5 Å². The van der Waals surface area contributed by atoms with E-state index in [1.807, 2.05) is 12.1 Å². The van der Waals surface area contributed by atoms with E-state index in [1.54, 1.807) is 30.5 Å². The average Bonchev–Trinajstić information content (AvgIpc) is 2.97. The molecule has 2 heterocycles. The van der Waals surface area contributed by atoms with E-state index < -0.39 is 0 Å². The third-order valence-corrected chi connectivity index (χ3v) is 2.82. The fourth-order valence-electron chi connectivity index (χ4n) is 1.81. The molecule has 0 aliphatic heterocycles. The van der Waals surface area contributed by atoms with Crippen molar-refractivity contribution in [3.05, 3.63) is 47.7 Å². The number of benzene rings is 1. The zero-order chi connectivity index (χ0) is 12.5. The van der Waals surface area contributed by atoms with Crippen LogP contribution >= 0.6 is 11.6 Å². The maximum absolute atomic E-state index is 5.98. The second kappa shape index (κ2) is 4.23. The molecule has 4 nitrogen and oxygen atoms in total. The van der Waals surface area contributed by atoms with Crippen LogP contribution in [0.1, 0.15) is 0 Å². The predicted molar refractivity (Wildman–Crippen MR) is 69.1 cm³/mol. The van der Waals surface area contributed by atoms with Gasteiger partial charge in [-0.2, -0.15) is 0 Å². The third kappa shape index (κ3) is 1.76. The standard InChI is InChI=1S/C13H9ClN2O2/c14-9-4-1-3-8(7-9)11-12(16-18-13(11)15)10-5-2-6-17-10/h1-7H,15H2. The molecular formula is C13H9ClN2O2. The summed E-state index contributed by atoms with van der Waals surface area (Å²) in [5.74, 6) is 0.842. The molecule has 0 saturated heterocycles. The molecule has 1 aromatic carbocycles. The molecule has 0 spiro atoms. The highest BCUT2D eigenvalue weighted by atomic mass is 35.5. The Bertz CT molecular complexity index is 674. The fourth-order valence-corrected chi connectivity index (χ4v) is 2.00. The van der Waals surface area contributed by atoms with Crippen molar-refractivity contribution in [2.75, 3.05) is 5.73 Å². The molecular weight excluding hydrogens is 252 g/mol. The van der Waals surface area contributed by atoms with Crippen LogP contribution in [0.3, 0.4) is 0 Å². The number of hydrogen-bond acceptors (Lipinski definition) is 4. The summed E-state index contributed by atoms with van der Waals surface area (Å²) in [6.07, 6.45) is 1.57. The third-order valence-electron chi connectivity index (χ3n) is 2.59. The van der Waals surface area contributed by atoms with Gasteiger partial charge in [0.1, 0.15) is 0 Å². The molecule has 90 valence electrons. The van der Waals surface area contributed by atoms with Crippen molar-refractivity contribution in [2.45, 2.75) is 0 Å². The van der Waals surface area contributed by atoms with Gasteiger partial charge in [-0.25, -0.2) is 0 Å². The minimum Gasteiger partial charge on any atom is -0.463 e. The number of rotatable bonds is 2. The molecule has 3 rings (SSSR count). The lowest BCUT2D eigenvalue weighted by Crippen LogP contribution is -1.87. The summed E-state index contributed by atoms with van der Waals surface area (Å²) in [7, 11) is 0. The van der Waals surface area contributed by atoms with E-state index in [1.165, 1.54) is 0 Å². The molecule has 3 aromatic rings. The van der Waals surface area contributed by atoms with Gasteiger partial charge in [-0.05, 0) is 29.8 Å². The second-order valence-corrected chi connectivity index (χ2v) is 4.19. The topological polar surface area (TPSA) is 65.2 Å². The Morgan fingerprint density at radius 2 is 2.06 bits per heavy atom. The van der Waals surface area contributed by atoms with E-state index in [2.05, 4.69) is 5.16 Å². The summed E-state index contributed by atoms with van der Waals surface area (Å²) in [5.41, 5.74) is 7.91. The summed E-state index contributed by atoms with van der Waals surface area (Å²) in [6, 6.07) is 10.9. The Balaban J connectivity index is 2.20. The van der Waals surface area contributed by atoms with Crippen LogP contribution in [0.4, 0.5) is 5.88 Å². The lowest BCUT2D eigenvalue weighted by Gasteiger charge is -2.01. The molecule has 0 fully saturated rings. The van der Waals surface area contributed by atoms with E-state index in [0.29, 0.717) is 22.0 Å². The molecule has 2 aromatic heterocycles. The van der Waals surface area contributed by atoms with Crippen LogP contribution in [-0.4, -0.2) is 5.16 Å². The predicted octanol–water partition coefficient (Wildman–Crippen LogP) is 3.84. The monoisotopic (exact) mass is 260 g/mol. The minimum absolute atomic E-state index is 0.240. The van der Waals surface area contributed by atoms with Crippen molar-refractivity contribution in [2.24, 2.45) is 0 Å². The Labute approximate surface area is 108 Å². The number of nitrogens with zero attached hydrogens (tertiary/aromatic N) is 1. The van der Waals surface area contributed by atoms with E-state index >= 15 is 0 Å². The quantitative estimate of drug-likeness (QED) is 0.760. The van der Waals surface area contributed by atoms with Crippen LogP contribution < -0.4 is 5.73 Å². The van der Waals surface area contributed by atoms with Gasteiger partial charge in [0, 0.05) is 5.02 Å². The zero-order valence-electron chi connectivity index (χ0n) is 9.26. The highest BCUT2D eigenvalue weighted by Gasteiger charge is 2.19. The number of furan rings is 1. The van der Waals surface area contributed by atoms with Crippen molar-refractivity contribution in [1.29, 1.82) is 0 Å². The number of nitrogen functional groups attached to an aromatic ring is 1. The van der Waals surface area contributed by atoms with Crippen LogP contribution in [0.2, 0.25) is 5.02 Å². The Morgan fingerprint density at radius 1 is 1.17 bits per heavy atom. The molecule has 0 bridgehead atoms. The highest BCUT2D eigenvalue weighted by molar-refractivity contribution is 6.30. The van der Waals surface area contributed by atoms with Gasteiger partial charge in [-0.15, -0.1) is 0 Å². The first-order chi connectivity index (χ1) is 8.75. The fraction of sp³-hybridized carbons (Fsp3) is 0. The first-order valence-electron chi connectivity index (χ1n) is 5.30. The van der Waals surface area contributed by atoms with Crippen LogP contribution in [-0.2, 0) is 0 Å². The van der Waals surface area contributed by atoms with Gasteiger partial charge in [-0.1, -0.05) is 28.9 Å².